The van der Waals surface area contributed by atoms with Crippen molar-refractivity contribution in [2.24, 2.45) is 5.41 Å². The summed E-state index contributed by atoms with van der Waals surface area (Å²) >= 11 is 0. The van der Waals surface area contributed by atoms with Crippen LogP contribution in [0, 0.1) is 5.41 Å². The number of hydrogen-bond acceptors (Lipinski definition) is 1. The zero-order valence-electron chi connectivity index (χ0n) is 12.1. The molecule has 1 aliphatic rings. The number of rotatable bonds is 2. The van der Waals surface area contributed by atoms with Crippen LogP contribution in [-0.2, 0) is 4.74 Å². The van der Waals surface area contributed by atoms with E-state index in [0.717, 1.165) is 19.4 Å². The summed E-state index contributed by atoms with van der Waals surface area (Å²) in [4.78, 5) is 0. The first-order chi connectivity index (χ1) is 9.05. The van der Waals surface area contributed by atoms with Gasteiger partial charge in [-0.1, -0.05) is 68.5 Å². The van der Waals surface area contributed by atoms with Crippen molar-refractivity contribution in [3.63, 3.8) is 0 Å². The van der Waals surface area contributed by atoms with E-state index >= 15 is 0 Å². The minimum atomic E-state index is 0.160. The highest BCUT2D eigenvalue weighted by Gasteiger charge is 2.23. The van der Waals surface area contributed by atoms with Crippen molar-refractivity contribution in [1.29, 1.82) is 0 Å². The Morgan fingerprint density at radius 1 is 1.26 bits per heavy atom. The van der Waals surface area contributed by atoms with Crippen LogP contribution < -0.4 is 0 Å². The number of ether oxygens (including phenoxy) is 1. The van der Waals surface area contributed by atoms with Gasteiger partial charge in [-0.25, -0.2) is 0 Å². The molecular formula is C18H24O. The largest absolute Gasteiger partial charge is 0.373 e. The van der Waals surface area contributed by atoms with E-state index in [1.807, 2.05) is 6.07 Å². The fourth-order valence-corrected chi connectivity index (χ4v) is 2.27. The van der Waals surface area contributed by atoms with Gasteiger partial charge in [-0.3, -0.25) is 0 Å². The second-order valence-corrected chi connectivity index (χ2v) is 6.24. The summed E-state index contributed by atoms with van der Waals surface area (Å²) < 4.78 is 6.04. The lowest BCUT2D eigenvalue weighted by Crippen LogP contribution is -2.26. The van der Waals surface area contributed by atoms with Crippen LogP contribution in [-0.4, -0.2) is 12.7 Å². The molecule has 1 saturated heterocycles. The van der Waals surface area contributed by atoms with Crippen molar-refractivity contribution in [2.75, 3.05) is 6.61 Å². The molecule has 1 unspecified atom stereocenters. The van der Waals surface area contributed by atoms with Gasteiger partial charge in [-0.15, -0.1) is 0 Å². The summed E-state index contributed by atoms with van der Waals surface area (Å²) in [6.07, 6.45) is 7.70. The quantitative estimate of drug-likeness (QED) is 0.687. The highest BCUT2D eigenvalue weighted by Crippen LogP contribution is 2.30. The SMILES string of the molecule is C=C1CCC(C)(C)COC(/C=C/c2ccccc2)C1. The third-order valence-electron chi connectivity index (χ3n) is 3.64. The molecule has 19 heavy (non-hydrogen) atoms. The highest BCUT2D eigenvalue weighted by molar-refractivity contribution is 5.49. The van der Waals surface area contributed by atoms with E-state index < -0.39 is 0 Å². The Labute approximate surface area is 117 Å². The molecule has 1 nitrogen and oxygen atoms in total. The summed E-state index contributed by atoms with van der Waals surface area (Å²) in [6.45, 7) is 9.53. The van der Waals surface area contributed by atoms with Gasteiger partial charge in [0.25, 0.3) is 0 Å². The van der Waals surface area contributed by atoms with Gasteiger partial charge in [0.15, 0.2) is 0 Å². The van der Waals surface area contributed by atoms with Crippen molar-refractivity contribution >= 4 is 6.08 Å². The van der Waals surface area contributed by atoms with Crippen LogP contribution in [0.4, 0.5) is 0 Å². The molecule has 2 rings (SSSR count). The van der Waals surface area contributed by atoms with Crippen LogP contribution in [0.15, 0.2) is 48.6 Å². The van der Waals surface area contributed by atoms with Gasteiger partial charge in [0.2, 0.25) is 0 Å². The Hall–Kier alpha value is -1.34. The van der Waals surface area contributed by atoms with Gasteiger partial charge >= 0.3 is 0 Å². The van der Waals surface area contributed by atoms with E-state index in [-0.39, 0.29) is 11.5 Å². The molecule has 0 amide bonds. The maximum Gasteiger partial charge on any atom is 0.0796 e. The van der Waals surface area contributed by atoms with Gasteiger partial charge in [0.1, 0.15) is 0 Å². The molecule has 1 aromatic carbocycles. The Balaban J connectivity index is 2.02. The average molecular weight is 256 g/mol. The first-order valence-electron chi connectivity index (χ1n) is 7.07. The topological polar surface area (TPSA) is 9.23 Å². The zero-order valence-corrected chi connectivity index (χ0v) is 12.1. The number of hydrogen-bond donors (Lipinski definition) is 0. The first kappa shape index (κ1) is 14.1. The Morgan fingerprint density at radius 3 is 2.74 bits per heavy atom. The fourth-order valence-electron chi connectivity index (χ4n) is 2.27. The lowest BCUT2D eigenvalue weighted by molar-refractivity contribution is 0.0158. The average Bonchev–Trinajstić information content (AvgIpc) is 2.40. The molecule has 1 fully saturated rings. The molecule has 0 aromatic heterocycles. The minimum Gasteiger partial charge on any atom is -0.373 e. The van der Waals surface area contributed by atoms with Gasteiger partial charge in [-0.05, 0) is 30.2 Å². The third kappa shape index (κ3) is 4.68. The summed E-state index contributed by atoms with van der Waals surface area (Å²) in [5, 5.41) is 0. The Bertz CT molecular complexity index is 442. The molecule has 1 heterocycles. The highest BCUT2D eigenvalue weighted by atomic mass is 16.5. The Kier molecular flexibility index (Phi) is 4.60. The van der Waals surface area contributed by atoms with Gasteiger partial charge in [-0.2, -0.15) is 0 Å². The second-order valence-electron chi connectivity index (χ2n) is 6.24. The third-order valence-corrected chi connectivity index (χ3v) is 3.64. The molecule has 0 aliphatic carbocycles. The molecule has 1 atom stereocenters. The van der Waals surface area contributed by atoms with Crippen LogP contribution in [0.3, 0.4) is 0 Å². The van der Waals surface area contributed by atoms with Crippen LogP contribution in [0.2, 0.25) is 0 Å². The van der Waals surface area contributed by atoms with Gasteiger partial charge in [0, 0.05) is 0 Å². The molecule has 102 valence electrons. The van der Waals surface area contributed by atoms with Crippen molar-refractivity contribution in [2.45, 2.75) is 39.2 Å². The lowest BCUT2D eigenvalue weighted by Gasteiger charge is -2.30. The summed E-state index contributed by atoms with van der Waals surface area (Å²) in [6, 6.07) is 10.4. The van der Waals surface area contributed by atoms with Crippen molar-refractivity contribution in [3.05, 3.63) is 54.1 Å². The summed E-state index contributed by atoms with van der Waals surface area (Å²) in [7, 11) is 0. The van der Waals surface area contributed by atoms with Crippen LogP contribution >= 0.6 is 0 Å². The number of benzene rings is 1. The minimum absolute atomic E-state index is 0.160. The summed E-state index contributed by atoms with van der Waals surface area (Å²) in [5.41, 5.74) is 2.77. The maximum atomic E-state index is 6.04. The van der Waals surface area contributed by atoms with E-state index in [9.17, 15) is 0 Å². The van der Waals surface area contributed by atoms with Crippen LogP contribution in [0.1, 0.15) is 38.7 Å². The maximum absolute atomic E-state index is 6.04. The second kappa shape index (κ2) is 6.21. The molecule has 0 bridgehead atoms. The molecular weight excluding hydrogens is 232 g/mol. The molecule has 1 heteroatoms. The van der Waals surface area contributed by atoms with Crippen molar-refractivity contribution in [1.82, 2.24) is 0 Å². The van der Waals surface area contributed by atoms with E-state index in [0.29, 0.717) is 0 Å². The normalized spacial score (nSPS) is 24.1. The van der Waals surface area contributed by atoms with Crippen LogP contribution in [0.25, 0.3) is 6.08 Å². The van der Waals surface area contributed by atoms with E-state index in [1.165, 1.54) is 17.6 Å². The predicted molar refractivity (Wildman–Crippen MR) is 82.0 cm³/mol. The first-order valence-corrected chi connectivity index (χ1v) is 7.07. The fraction of sp³-hybridized carbons (Fsp3) is 0.444. The van der Waals surface area contributed by atoms with Gasteiger partial charge in [0.05, 0.1) is 12.7 Å². The Morgan fingerprint density at radius 2 is 2.00 bits per heavy atom. The van der Waals surface area contributed by atoms with E-state index in [1.54, 1.807) is 0 Å². The molecule has 1 aliphatic heterocycles. The smallest absolute Gasteiger partial charge is 0.0796 e. The predicted octanol–water partition coefficient (Wildman–Crippen LogP) is 4.85. The molecule has 1 aromatic rings. The lowest BCUT2D eigenvalue weighted by atomic mass is 9.85. The molecule has 0 radical (unpaired) electrons. The standard InChI is InChI=1S/C18H24O/c1-15-11-12-18(2,3)14-19-17(13-15)10-9-16-7-5-4-6-8-16/h4-10,17H,1,11-14H2,2-3H3/b10-9+. The van der Waals surface area contributed by atoms with Crippen LogP contribution in [0.5, 0.6) is 0 Å². The van der Waals surface area contributed by atoms with E-state index in [2.05, 4.69) is 56.8 Å². The molecule has 0 saturated carbocycles. The summed E-state index contributed by atoms with van der Waals surface area (Å²) in [5.74, 6) is 0. The monoisotopic (exact) mass is 256 g/mol. The zero-order chi connectivity index (χ0) is 13.7. The van der Waals surface area contributed by atoms with Crippen molar-refractivity contribution < 1.29 is 4.74 Å². The molecule has 0 N–H and O–H groups in total. The van der Waals surface area contributed by atoms with Gasteiger partial charge < -0.3 is 4.74 Å². The van der Waals surface area contributed by atoms with E-state index in [4.69, 9.17) is 4.74 Å². The van der Waals surface area contributed by atoms with Crippen molar-refractivity contribution in [3.8, 4) is 0 Å². The molecule has 0 spiro atoms.